The Bertz CT molecular complexity index is 569. The van der Waals surface area contributed by atoms with E-state index < -0.39 is 5.97 Å². The van der Waals surface area contributed by atoms with Crippen LogP contribution in [0, 0.1) is 0 Å². The van der Waals surface area contributed by atoms with Crippen LogP contribution in [0.1, 0.15) is 12.6 Å². The molecule has 0 saturated carbocycles. The molecule has 2 heterocycles. The fourth-order valence-electron chi connectivity index (χ4n) is 1.70. The van der Waals surface area contributed by atoms with E-state index in [0.29, 0.717) is 24.2 Å². The molecule has 0 radical (unpaired) electrons. The van der Waals surface area contributed by atoms with Gasteiger partial charge in [0.05, 0.1) is 23.5 Å². The zero-order chi connectivity index (χ0) is 14.5. The van der Waals surface area contributed by atoms with Gasteiger partial charge in [-0.2, -0.15) is 0 Å². The molecule has 1 N–H and O–H groups in total. The number of hydrogen-bond donors (Lipinski definition) is 1. The van der Waals surface area contributed by atoms with Gasteiger partial charge in [0.15, 0.2) is 5.16 Å². The quantitative estimate of drug-likeness (QED) is 0.777. The van der Waals surface area contributed by atoms with E-state index in [-0.39, 0.29) is 5.75 Å². The van der Waals surface area contributed by atoms with Gasteiger partial charge in [0.1, 0.15) is 0 Å². The van der Waals surface area contributed by atoms with Crippen molar-refractivity contribution in [2.75, 3.05) is 17.7 Å². The van der Waals surface area contributed by atoms with E-state index in [1.54, 1.807) is 16.8 Å². The highest BCUT2D eigenvalue weighted by Crippen LogP contribution is 2.22. The second kappa shape index (κ2) is 6.71. The van der Waals surface area contributed by atoms with E-state index in [2.05, 4.69) is 15.2 Å². The Balaban J connectivity index is 2.12. The van der Waals surface area contributed by atoms with Gasteiger partial charge in [0.2, 0.25) is 5.95 Å². The topological polar surface area (TPSA) is 84.1 Å². The second-order valence-electron chi connectivity index (χ2n) is 4.05. The summed E-state index contributed by atoms with van der Waals surface area (Å²) in [5, 5.41) is 19.5. The zero-order valence-corrected chi connectivity index (χ0v) is 12.8. The molecule has 0 aromatic carbocycles. The van der Waals surface area contributed by atoms with Crippen molar-refractivity contribution in [2.45, 2.75) is 25.2 Å². The van der Waals surface area contributed by atoms with E-state index >= 15 is 0 Å². The molecule has 9 heteroatoms. The number of aliphatic carboxylic acids is 1. The molecule has 0 aliphatic rings. The molecule has 2 aromatic rings. The van der Waals surface area contributed by atoms with Crippen LogP contribution < -0.4 is 4.90 Å². The first kappa shape index (κ1) is 14.8. The number of hydrogen-bond acceptors (Lipinski definition) is 7. The molecule has 0 spiro atoms. The second-order valence-corrected chi connectivity index (χ2v) is 5.71. The summed E-state index contributed by atoms with van der Waals surface area (Å²) in [5.74, 6) is -0.167. The van der Waals surface area contributed by atoms with E-state index in [1.807, 2.05) is 28.8 Å². The number of rotatable bonds is 7. The smallest absolute Gasteiger partial charge is 0.313 e. The first-order chi connectivity index (χ1) is 9.61. The molecule has 0 aliphatic carbocycles. The minimum absolute atomic E-state index is 0.0199. The highest BCUT2D eigenvalue weighted by Gasteiger charge is 2.16. The van der Waals surface area contributed by atoms with E-state index in [0.717, 1.165) is 5.69 Å². The number of carbonyl (C=O) groups is 1. The van der Waals surface area contributed by atoms with Gasteiger partial charge < -0.3 is 10.0 Å². The van der Waals surface area contributed by atoms with Gasteiger partial charge in [-0.3, -0.25) is 9.36 Å². The SMILES string of the molecule is CCn1c(SCC(=O)O)nnc1N(C)Cc1cscn1. The van der Waals surface area contributed by atoms with E-state index in [4.69, 9.17) is 5.11 Å². The van der Waals surface area contributed by atoms with Crippen LogP contribution in [-0.2, 0) is 17.9 Å². The third-order valence-electron chi connectivity index (χ3n) is 2.56. The summed E-state index contributed by atoms with van der Waals surface area (Å²) >= 11 is 2.73. The van der Waals surface area contributed by atoms with Crippen molar-refractivity contribution >= 4 is 35.0 Å². The highest BCUT2D eigenvalue weighted by molar-refractivity contribution is 7.99. The van der Waals surface area contributed by atoms with Crippen LogP contribution in [0.5, 0.6) is 0 Å². The maximum atomic E-state index is 10.6. The van der Waals surface area contributed by atoms with Gasteiger partial charge >= 0.3 is 5.97 Å². The summed E-state index contributed by atoms with van der Waals surface area (Å²) in [7, 11) is 1.92. The number of thiazole rings is 1. The van der Waals surface area contributed by atoms with Crippen molar-refractivity contribution in [2.24, 2.45) is 0 Å². The molecule has 0 saturated heterocycles. The van der Waals surface area contributed by atoms with Crippen molar-refractivity contribution in [3.8, 4) is 0 Å². The largest absolute Gasteiger partial charge is 0.481 e. The Labute approximate surface area is 124 Å². The van der Waals surface area contributed by atoms with Crippen LogP contribution in [0.2, 0.25) is 0 Å². The van der Waals surface area contributed by atoms with E-state index in [9.17, 15) is 4.79 Å². The first-order valence-electron chi connectivity index (χ1n) is 5.97. The number of carboxylic acid groups (broad SMARTS) is 1. The van der Waals surface area contributed by atoms with Gasteiger partial charge in [-0.15, -0.1) is 21.5 Å². The van der Waals surface area contributed by atoms with Crippen molar-refractivity contribution in [3.63, 3.8) is 0 Å². The summed E-state index contributed by atoms with van der Waals surface area (Å²) < 4.78 is 1.90. The number of nitrogens with zero attached hydrogens (tertiary/aromatic N) is 5. The molecule has 0 aliphatic heterocycles. The van der Waals surface area contributed by atoms with Crippen LogP contribution in [-0.4, -0.2) is 43.6 Å². The normalized spacial score (nSPS) is 10.7. The summed E-state index contributed by atoms with van der Waals surface area (Å²) in [6, 6.07) is 0. The molecular weight excluding hydrogens is 298 g/mol. The van der Waals surface area contributed by atoms with Crippen molar-refractivity contribution in [1.29, 1.82) is 0 Å². The summed E-state index contributed by atoms with van der Waals surface area (Å²) in [6.07, 6.45) is 0. The molecule has 108 valence electrons. The first-order valence-corrected chi connectivity index (χ1v) is 7.90. The van der Waals surface area contributed by atoms with Gasteiger partial charge in [-0.05, 0) is 6.92 Å². The van der Waals surface area contributed by atoms with Crippen LogP contribution in [0.25, 0.3) is 0 Å². The lowest BCUT2D eigenvalue weighted by Gasteiger charge is -2.17. The van der Waals surface area contributed by atoms with Gasteiger partial charge in [-0.25, -0.2) is 4.98 Å². The zero-order valence-electron chi connectivity index (χ0n) is 11.2. The molecule has 20 heavy (non-hydrogen) atoms. The van der Waals surface area contributed by atoms with Crippen LogP contribution in [0.4, 0.5) is 5.95 Å². The monoisotopic (exact) mass is 313 g/mol. The summed E-state index contributed by atoms with van der Waals surface area (Å²) in [4.78, 5) is 16.8. The molecule has 7 nitrogen and oxygen atoms in total. The highest BCUT2D eigenvalue weighted by atomic mass is 32.2. The van der Waals surface area contributed by atoms with Gasteiger partial charge in [0, 0.05) is 19.0 Å². The lowest BCUT2D eigenvalue weighted by atomic mass is 10.4. The average molecular weight is 313 g/mol. The fourth-order valence-corrected chi connectivity index (χ4v) is 2.97. The maximum absolute atomic E-state index is 10.6. The lowest BCUT2D eigenvalue weighted by molar-refractivity contribution is -0.133. The fraction of sp³-hybridized carbons (Fsp3) is 0.455. The molecule has 2 aromatic heterocycles. The third kappa shape index (κ3) is 3.48. The van der Waals surface area contributed by atoms with Gasteiger partial charge in [-0.1, -0.05) is 11.8 Å². The Morgan fingerprint density at radius 2 is 2.35 bits per heavy atom. The average Bonchev–Trinajstić information content (AvgIpc) is 3.04. The summed E-state index contributed by atoms with van der Waals surface area (Å²) in [5.41, 5.74) is 2.77. The number of thioether (sulfide) groups is 1. The predicted molar refractivity (Wildman–Crippen MR) is 78.3 cm³/mol. The van der Waals surface area contributed by atoms with Crippen molar-refractivity contribution in [1.82, 2.24) is 19.7 Å². The molecule has 2 rings (SSSR count). The Kier molecular flexibility index (Phi) is 4.96. The van der Waals surface area contributed by atoms with Crippen LogP contribution in [0.15, 0.2) is 16.0 Å². The number of carboxylic acids is 1. The summed E-state index contributed by atoms with van der Waals surface area (Å²) in [6.45, 7) is 3.31. The minimum Gasteiger partial charge on any atom is -0.481 e. The van der Waals surface area contributed by atoms with Crippen molar-refractivity contribution in [3.05, 3.63) is 16.6 Å². The molecule has 0 bridgehead atoms. The van der Waals surface area contributed by atoms with Gasteiger partial charge in [0.25, 0.3) is 0 Å². The predicted octanol–water partition coefficient (Wildman–Crippen LogP) is 1.57. The Morgan fingerprint density at radius 1 is 1.55 bits per heavy atom. The maximum Gasteiger partial charge on any atom is 0.313 e. The number of anilines is 1. The molecule has 0 amide bonds. The third-order valence-corrected chi connectivity index (χ3v) is 4.15. The molecule has 0 unspecified atom stereocenters. The molecular formula is C11H15N5O2S2. The molecule has 0 fully saturated rings. The standard InChI is InChI=1S/C11H15N5O2S2/c1-3-16-10(13-14-11(16)20-6-9(17)18)15(2)4-8-5-19-7-12-8/h5,7H,3-4,6H2,1-2H3,(H,17,18). The van der Waals surface area contributed by atoms with Crippen molar-refractivity contribution < 1.29 is 9.90 Å². The minimum atomic E-state index is -0.863. The Morgan fingerprint density at radius 3 is 2.95 bits per heavy atom. The van der Waals surface area contributed by atoms with Crippen LogP contribution in [0.3, 0.4) is 0 Å². The number of aromatic nitrogens is 4. The lowest BCUT2D eigenvalue weighted by Crippen LogP contribution is -2.21. The Hall–Kier alpha value is -1.61. The van der Waals surface area contributed by atoms with Crippen LogP contribution >= 0.6 is 23.1 Å². The molecule has 0 atom stereocenters. The van der Waals surface area contributed by atoms with E-state index in [1.165, 1.54) is 11.8 Å².